The third-order valence-corrected chi connectivity index (χ3v) is 5.16. The number of ether oxygens (including phenoxy) is 3. The van der Waals surface area contributed by atoms with E-state index < -0.39 is 22.8 Å². The molecule has 0 radical (unpaired) electrons. The van der Waals surface area contributed by atoms with Crippen LogP contribution < -0.4 is 14.8 Å². The number of carbonyl (C=O) groups is 2. The normalized spacial score (nSPS) is 15.6. The Hall–Kier alpha value is -4.14. The number of benzene rings is 2. The van der Waals surface area contributed by atoms with Gasteiger partial charge in [-0.3, -0.25) is 10.1 Å². The fourth-order valence-corrected chi connectivity index (χ4v) is 3.76. The van der Waals surface area contributed by atoms with Crippen LogP contribution in [0.4, 0.5) is 0 Å². The molecule has 1 unspecified atom stereocenters. The molecular weight excluding hydrogens is 428 g/mol. The summed E-state index contributed by atoms with van der Waals surface area (Å²) in [7, 11) is 1.39. The summed E-state index contributed by atoms with van der Waals surface area (Å²) < 4.78 is 16.3. The molecule has 3 rings (SSSR count). The molecule has 33 heavy (non-hydrogen) atoms. The lowest BCUT2D eigenvalue weighted by Gasteiger charge is -2.27. The maximum Gasteiger partial charge on any atom is 0.343 e. The molecule has 0 fully saturated rings. The number of allylic oxidation sites excluding steroid dienone is 3. The molecular formula is C24H24N2O7. The molecule has 1 N–H and O–H groups in total. The highest BCUT2D eigenvalue weighted by atomic mass is 16.6. The number of para-hydroxylation sites is 1. The molecule has 0 saturated heterocycles. The SMILES string of the molecule is CCOC(=O)C1=C(C)NC(C)=C([N+](=O)[O-])C1c1cccc(OC)c1OC(=O)c1ccccc1. The van der Waals surface area contributed by atoms with E-state index in [-0.39, 0.29) is 40.6 Å². The lowest BCUT2D eigenvalue weighted by atomic mass is 9.83. The van der Waals surface area contributed by atoms with Crippen molar-refractivity contribution in [3.8, 4) is 11.5 Å². The second kappa shape index (κ2) is 9.99. The van der Waals surface area contributed by atoms with Crippen molar-refractivity contribution in [3.05, 3.63) is 92.4 Å². The first-order chi connectivity index (χ1) is 15.8. The lowest BCUT2D eigenvalue weighted by molar-refractivity contribution is -0.431. The molecule has 2 aromatic carbocycles. The first kappa shape index (κ1) is 23.5. The molecule has 1 aliphatic heterocycles. The lowest BCUT2D eigenvalue weighted by Crippen LogP contribution is -2.32. The van der Waals surface area contributed by atoms with Crippen LogP contribution in [-0.2, 0) is 9.53 Å². The van der Waals surface area contributed by atoms with Crippen molar-refractivity contribution >= 4 is 11.9 Å². The van der Waals surface area contributed by atoms with E-state index >= 15 is 0 Å². The average Bonchev–Trinajstić information content (AvgIpc) is 2.79. The Bertz CT molecular complexity index is 1150. The van der Waals surface area contributed by atoms with Gasteiger partial charge in [0.2, 0.25) is 0 Å². The molecule has 1 heterocycles. The van der Waals surface area contributed by atoms with Gasteiger partial charge in [-0.05, 0) is 39.0 Å². The second-order valence-electron chi connectivity index (χ2n) is 7.22. The van der Waals surface area contributed by atoms with Crippen LogP contribution in [0.25, 0.3) is 0 Å². The molecule has 0 saturated carbocycles. The van der Waals surface area contributed by atoms with Crippen LogP contribution in [0.5, 0.6) is 11.5 Å². The van der Waals surface area contributed by atoms with Crippen LogP contribution in [0.3, 0.4) is 0 Å². The number of hydrogen-bond acceptors (Lipinski definition) is 8. The molecule has 1 aliphatic rings. The number of esters is 2. The maximum absolute atomic E-state index is 12.9. The number of nitrogens with one attached hydrogen (secondary N) is 1. The van der Waals surface area contributed by atoms with Crippen LogP contribution in [0.1, 0.15) is 42.6 Å². The fourth-order valence-electron chi connectivity index (χ4n) is 3.76. The number of methoxy groups -OCH3 is 1. The minimum Gasteiger partial charge on any atom is -0.493 e. The number of nitrogens with zero attached hydrogens (tertiary/aromatic N) is 1. The summed E-state index contributed by atoms with van der Waals surface area (Å²) in [6, 6.07) is 13.1. The first-order valence-corrected chi connectivity index (χ1v) is 10.2. The number of rotatable bonds is 7. The minimum absolute atomic E-state index is 0.0116. The van der Waals surface area contributed by atoms with Gasteiger partial charge in [0.15, 0.2) is 11.5 Å². The van der Waals surface area contributed by atoms with Gasteiger partial charge in [0.1, 0.15) is 5.92 Å². The van der Waals surface area contributed by atoms with Gasteiger partial charge in [0.25, 0.3) is 5.70 Å². The molecule has 9 nitrogen and oxygen atoms in total. The van der Waals surface area contributed by atoms with Gasteiger partial charge in [0.05, 0.1) is 35.5 Å². The predicted octanol–water partition coefficient (Wildman–Crippen LogP) is 3.95. The third-order valence-electron chi connectivity index (χ3n) is 5.16. The topological polar surface area (TPSA) is 117 Å². The fraction of sp³-hybridized carbons (Fsp3) is 0.250. The van der Waals surface area contributed by atoms with Crippen molar-refractivity contribution in [2.45, 2.75) is 26.7 Å². The number of carbonyl (C=O) groups excluding carboxylic acids is 2. The van der Waals surface area contributed by atoms with Crippen molar-refractivity contribution in [1.82, 2.24) is 5.32 Å². The highest BCUT2D eigenvalue weighted by Crippen LogP contribution is 2.45. The Morgan fingerprint density at radius 1 is 1.03 bits per heavy atom. The summed E-state index contributed by atoms with van der Waals surface area (Å²) in [5, 5.41) is 15.0. The summed E-state index contributed by atoms with van der Waals surface area (Å²) in [5.41, 5.74) is 0.989. The van der Waals surface area contributed by atoms with Crippen LogP contribution in [-0.4, -0.2) is 30.6 Å². The van der Waals surface area contributed by atoms with E-state index in [1.54, 1.807) is 69.3 Å². The number of hydrogen-bond donors (Lipinski definition) is 1. The van der Waals surface area contributed by atoms with Gasteiger partial charge in [-0.15, -0.1) is 0 Å². The monoisotopic (exact) mass is 452 g/mol. The molecule has 0 spiro atoms. The van der Waals surface area contributed by atoms with Crippen LogP contribution in [0.2, 0.25) is 0 Å². The summed E-state index contributed by atoms with van der Waals surface area (Å²) >= 11 is 0. The Balaban J connectivity index is 2.22. The zero-order chi connectivity index (χ0) is 24.1. The molecule has 2 aromatic rings. The molecule has 0 amide bonds. The Morgan fingerprint density at radius 2 is 1.73 bits per heavy atom. The van der Waals surface area contributed by atoms with Crippen molar-refractivity contribution < 1.29 is 28.7 Å². The summed E-state index contributed by atoms with van der Waals surface area (Å²) in [4.78, 5) is 37.2. The van der Waals surface area contributed by atoms with Gasteiger partial charge in [-0.25, -0.2) is 9.59 Å². The second-order valence-corrected chi connectivity index (χ2v) is 7.22. The Kier molecular flexibility index (Phi) is 7.12. The van der Waals surface area contributed by atoms with E-state index in [1.807, 2.05) is 0 Å². The summed E-state index contributed by atoms with van der Waals surface area (Å²) in [5.74, 6) is -2.35. The van der Waals surface area contributed by atoms with Crippen LogP contribution in [0, 0.1) is 10.1 Å². The zero-order valence-corrected chi connectivity index (χ0v) is 18.7. The third kappa shape index (κ3) is 4.72. The highest BCUT2D eigenvalue weighted by molar-refractivity contribution is 5.94. The molecule has 9 heteroatoms. The van der Waals surface area contributed by atoms with Gasteiger partial charge >= 0.3 is 11.9 Å². The first-order valence-electron chi connectivity index (χ1n) is 10.2. The van der Waals surface area contributed by atoms with Crippen molar-refractivity contribution in [2.24, 2.45) is 0 Å². The van der Waals surface area contributed by atoms with E-state index in [4.69, 9.17) is 14.2 Å². The van der Waals surface area contributed by atoms with Gasteiger partial charge < -0.3 is 19.5 Å². The summed E-state index contributed by atoms with van der Waals surface area (Å²) in [6.07, 6.45) is 0. The maximum atomic E-state index is 12.9. The van der Waals surface area contributed by atoms with E-state index in [0.717, 1.165) is 0 Å². The smallest absolute Gasteiger partial charge is 0.343 e. The largest absolute Gasteiger partial charge is 0.493 e. The van der Waals surface area contributed by atoms with Crippen LogP contribution >= 0.6 is 0 Å². The number of dihydropyridines is 1. The standard InChI is InChI=1S/C24H24N2O7/c1-5-32-24(28)19-14(2)25-15(3)21(26(29)30)20(19)17-12-9-13-18(31-4)22(17)33-23(27)16-10-7-6-8-11-16/h6-13,20,25H,5H2,1-4H3. The van der Waals surface area contributed by atoms with Gasteiger partial charge in [0, 0.05) is 11.3 Å². The molecule has 0 bridgehead atoms. The Morgan fingerprint density at radius 3 is 2.33 bits per heavy atom. The van der Waals surface area contributed by atoms with E-state index in [1.165, 1.54) is 7.11 Å². The molecule has 1 atom stereocenters. The molecule has 172 valence electrons. The highest BCUT2D eigenvalue weighted by Gasteiger charge is 2.43. The van der Waals surface area contributed by atoms with Crippen LogP contribution in [0.15, 0.2) is 71.2 Å². The molecule has 0 aliphatic carbocycles. The van der Waals surface area contributed by atoms with Crippen molar-refractivity contribution in [2.75, 3.05) is 13.7 Å². The van der Waals surface area contributed by atoms with Crippen molar-refractivity contribution in [3.63, 3.8) is 0 Å². The van der Waals surface area contributed by atoms with Gasteiger partial charge in [-0.1, -0.05) is 30.3 Å². The molecule has 0 aromatic heterocycles. The van der Waals surface area contributed by atoms with E-state index in [9.17, 15) is 19.7 Å². The van der Waals surface area contributed by atoms with E-state index in [2.05, 4.69) is 5.32 Å². The minimum atomic E-state index is -1.16. The number of nitro groups is 1. The Labute approximate surface area is 190 Å². The average molecular weight is 452 g/mol. The van der Waals surface area contributed by atoms with Gasteiger partial charge in [-0.2, -0.15) is 0 Å². The van der Waals surface area contributed by atoms with E-state index in [0.29, 0.717) is 11.3 Å². The van der Waals surface area contributed by atoms with Crippen molar-refractivity contribution in [1.29, 1.82) is 0 Å². The summed E-state index contributed by atoms with van der Waals surface area (Å²) in [6.45, 7) is 4.92. The zero-order valence-electron chi connectivity index (χ0n) is 18.7. The predicted molar refractivity (Wildman–Crippen MR) is 119 cm³/mol. The quantitative estimate of drug-likeness (QED) is 0.290.